The van der Waals surface area contributed by atoms with Crippen molar-refractivity contribution in [1.82, 2.24) is 35.3 Å². The Balaban J connectivity index is 0.856. The van der Waals surface area contributed by atoms with E-state index in [4.69, 9.17) is 0 Å². The third-order valence-corrected chi connectivity index (χ3v) is 10.2. The number of carbonyl (C=O) groups is 7. The third-order valence-electron chi connectivity index (χ3n) is 10.2. The lowest BCUT2D eigenvalue weighted by molar-refractivity contribution is -0.136. The number of fused-ring (bicyclic) bond motifs is 1. The molecule has 6 rings (SSSR count). The molecule has 0 radical (unpaired) electrons. The van der Waals surface area contributed by atoms with Crippen molar-refractivity contribution in [1.29, 1.82) is 0 Å². The Morgan fingerprint density at radius 2 is 1.56 bits per heavy atom. The lowest BCUT2D eigenvalue weighted by atomic mass is 10.0. The van der Waals surface area contributed by atoms with Gasteiger partial charge in [-0.1, -0.05) is 37.8 Å². The van der Waals surface area contributed by atoms with Crippen LogP contribution in [0.3, 0.4) is 0 Å². The minimum absolute atomic E-state index is 0.0407. The molecule has 0 spiro atoms. The van der Waals surface area contributed by atoms with Crippen LogP contribution in [-0.2, 0) is 19.2 Å². The molecule has 4 aromatic rings. The first-order valence-corrected chi connectivity index (χ1v) is 20.1. The first kappa shape index (κ1) is 43.7. The molecule has 61 heavy (non-hydrogen) atoms. The summed E-state index contributed by atoms with van der Waals surface area (Å²) in [6.45, 7) is 4.85. The number of rotatable bonds is 19. The number of nitrogens with zero attached hydrogens (tertiary/aromatic N) is 5. The Morgan fingerprint density at radius 3 is 2.31 bits per heavy atom. The zero-order chi connectivity index (χ0) is 43.6. The van der Waals surface area contributed by atoms with E-state index in [2.05, 4.69) is 41.8 Å². The first-order valence-electron chi connectivity index (χ1n) is 20.1. The Kier molecular flexibility index (Phi) is 14.2. The number of nitrogens with one attached hydrogen (secondary N) is 5. The van der Waals surface area contributed by atoms with E-state index in [1.807, 2.05) is 13.8 Å². The monoisotopic (exact) mass is 840 g/mol. The van der Waals surface area contributed by atoms with Gasteiger partial charge in [0.2, 0.25) is 23.6 Å². The fraction of sp³-hybridized carbons (Fsp3) is 0.381. The minimum atomic E-state index is -1.15. The van der Waals surface area contributed by atoms with E-state index in [9.17, 15) is 42.3 Å². The van der Waals surface area contributed by atoms with Gasteiger partial charge in [0, 0.05) is 50.1 Å². The number of carbonyl (C=O) groups excluding carboxylic acids is 7. The predicted molar refractivity (Wildman–Crippen MR) is 218 cm³/mol. The Labute approximate surface area is 349 Å². The zero-order valence-corrected chi connectivity index (χ0v) is 33.7. The maximum Gasteiger partial charge on any atom is 0.264 e. The van der Waals surface area contributed by atoms with Crippen molar-refractivity contribution < 1.29 is 42.3 Å². The topological polar surface area (TPSA) is 226 Å². The molecule has 19 heteroatoms. The van der Waals surface area contributed by atoms with Gasteiger partial charge in [-0.05, 0) is 63.4 Å². The average molecular weight is 841 g/mol. The van der Waals surface area contributed by atoms with Crippen molar-refractivity contribution in [2.75, 3.05) is 29.0 Å². The van der Waals surface area contributed by atoms with Crippen LogP contribution in [0.1, 0.15) is 115 Å². The van der Waals surface area contributed by atoms with Gasteiger partial charge < -0.3 is 25.8 Å². The van der Waals surface area contributed by atoms with Crippen LogP contribution in [0.4, 0.5) is 26.0 Å². The van der Waals surface area contributed by atoms with E-state index in [0.717, 1.165) is 49.5 Å². The zero-order valence-electron chi connectivity index (χ0n) is 33.7. The summed E-state index contributed by atoms with van der Waals surface area (Å²) >= 11 is 0. The second kappa shape index (κ2) is 19.9. The minimum Gasteiger partial charge on any atom is -0.384 e. The van der Waals surface area contributed by atoms with Crippen molar-refractivity contribution in [2.24, 2.45) is 0 Å². The van der Waals surface area contributed by atoms with Crippen LogP contribution in [-0.4, -0.2) is 85.1 Å². The lowest BCUT2D eigenvalue weighted by Crippen LogP contribution is -2.54. The molecular formula is C42H46F2N10O7. The number of piperidine rings is 1. The molecule has 2 aromatic heterocycles. The van der Waals surface area contributed by atoms with Crippen LogP contribution in [0.2, 0.25) is 0 Å². The molecule has 1 saturated heterocycles. The van der Waals surface area contributed by atoms with Crippen molar-refractivity contribution in [2.45, 2.75) is 90.1 Å². The van der Waals surface area contributed by atoms with Crippen LogP contribution in [0, 0.1) is 11.6 Å². The van der Waals surface area contributed by atoms with Gasteiger partial charge in [0.25, 0.3) is 17.7 Å². The van der Waals surface area contributed by atoms with Crippen molar-refractivity contribution in [3.05, 3.63) is 83.2 Å². The van der Waals surface area contributed by atoms with Gasteiger partial charge >= 0.3 is 0 Å². The molecule has 5 N–H and O–H groups in total. The fourth-order valence-corrected chi connectivity index (χ4v) is 7.03. The number of benzene rings is 2. The van der Waals surface area contributed by atoms with Gasteiger partial charge in [0.15, 0.2) is 5.82 Å². The van der Waals surface area contributed by atoms with E-state index in [1.165, 1.54) is 6.07 Å². The molecule has 0 saturated carbocycles. The summed E-state index contributed by atoms with van der Waals surface area (Å²) < 4.78 is 31.2. The number of halogens is 2. The van der Waals surface area contributed by atoms with Gasteiger partial charge in [-0.25, -0.2) is 13.8 Å². The second-order valence-corrected chi connectivity index (χ2v) is 15.0. The molecule has 2 aliphatic heterocycles. The summed E-state index contributed by atoms with van der Waals surface area (Å²) in [5, 5.41) is 21.0. The number of hydrogen-bond donors (Lipinski definition) is 5. The summed E-state index contributed by atoms with van der Waals surface area (Å²) in [4.78, 5) is 93.5. The fourth-order valence-electron chi connectivity index (χ4n) is 7.03. The van der Waals surface area contributed by atoms with Gasteiger partial charge in [0.1, 0.15) is 35.5 Å². The number of imide groups is 2. The van der Waals surface area contributed by atoms with Crippen LogP contribution in [0.5, 0.6) is 0 Å². The maximum absolute atomic E-state index is 14.7. The third kappa shape index (κ3) is 10.6. The molecule has 0 bridgehead atoms. The van der Waals surface area contributed by atoms with Gasteiger partial charge in [0.05, 0.1) is 22.4 Å². The van der Waals surface area contributed by atoms with Crippen LogP contribution in [0.15, 0.2) is 54.9 Å². The van der Waals surface area contributed by atoms with Crippen LogP contribution in [0.25, 0.3) is 11.5 Å². The largest absolute Gasteiger partial charge is 0.384 e. The molecule has 1 atom stereocenters. The molecule has 2 aromatic carbocycles. The van der Waals surface area contributed by atoms with Gasteiger partial charge in [-0.2, -0.15) is 0 Å². The Morgan fingerprint density at radius 1 is 0.836 bits per heavy atom. The molecule has 1 unspecified atom stereocenters. The maximum atomic E-state index is 14.7. The lowest BCUT2D eigenvalue weighted by Gasteiger charge is -2.27. The second-order valence-electron chi connectivity index (χ2n) is 15.0. The normalized spacial score (nSPS) is 14.8. The number of anilines is 3. The van der Waals surface area contributed by atoms with Crippen molar-refractivity contribution in [3.8, 4) is 11.5 Å². The van der Waals surface area contributed by atoms with E-state index < -0.39 is 64.4 Å². The summed E-state index contributed by atoms with van der Waals surface area (Å²) in [5.74, 6) is -5.89. The highest BCUT2D eigenvalue weighted by molar-refractivity contribution is 6.25. The number of hydrogen-bond acceptors (Lipinski definition) is 11. The number of amides is 7. The van der Waals surface area contributed by atoms with E-state index in [-0.39, 0.29) is 54.6 Å². The van der Waals surface area contributed by atoms with Crippen molar-refractivity contribution in [3.63, 3.8) is 0 Å². The highest BCUT2D eigenvalue weighted by Gasteiger charge is 2.45. The Hall–Kier alpha value is -6.92. The van der Waals surface area contributed by atoms with Gasteiger partial charge in [-0.15, -0.1) is 10.2 Å². The highest BCUT2D eigenvalue weighted by Crippen LogP contribution is 2.32. The van der Waals surface area contributed by atoms with E-state index >= 15 is 0 Å². The predicted octanol–water partition coefficient (Wildman–Crippen LogP) is 5.14. The van der Waals surface area contributed by atoms with E-state index in [1.54, 1.807) is 41.2 Å². The van der Waals surface area contributed by atoms with Crippen molar-refractivity contribution >= 4 is 58.5 Å². The van der Waals surface area contributed by atoms with Gasteiger partial charge in [-0.3, -0.25) is 43.8 Å². The molecular weight excluding hydrogens is 795 g/mol. The molecule has 0 aliphatic carbocycles. The average Bonchev–Trinajstić information content (AvgIpc) is 3.82. The van der Waals surface area contributed by atoms with Crippen LogP contribution >= 0.6 is 0 Å². The molecule has 4 heterocycles. The smallest absolute Gasteiger partial charge is 0.264 e. The van der Waals surface area contributed by atoms with E-state index in [0.29, 0.717) is 36.4 Å². The summed E-state index contributed by atoms with van der Waals surface area (Å²) in [6, 6.07) is 10.1. The quantitative estimate of drug-likeness (QED) is 0.0614. The van der Waals surface area contributed by atoms with Crippen LogP contribution < -0.4 is 26.6 Å². The number of pyridine rings is 1. The molecule has 320 valence electrons. The molecule has 17 nitrogen and oxygen atoms in total. The summed E-state index contributed by atoms with van der Waals surface area (Å²) in [6.07, 6.45) is 6.37. The Bertz CT molecular complexity index is 2350. The standard InChI is InChI=1S/C42H46F2N10O7/c1-24(2)53-23-47-52-38(53)30-13-10-14-33(48-30)50-39(58)26-21-31(28(44)22-27(26)43)49-35(56)18-17-34(55)46-20-8-6-4-3-5-7-19-45-29-12-9-11-25-37(29)42(61)54(41(25)60)32-15-16-36(57)51-40(32)59/h9-14,21-24,32,45H,3-8,15-20H2,1-2H3,(H,46,55)(H,49,56)(H,48,50,58)(H,51,57,59). The SMILES string of the molecule is CC(C)n1cnnc1-c1cccc(NC(=O)c2cc(NC(=O)CCC(=O)NCCCCCCCCNc3cccc4c3C(=O)N(C3CCC(=O)NC3=O)C4=O)c(F)cc2F)n1. The first-order chi connectivity index (χ1) is 29.3. The highest BCUT2D eigenvalue weighted by atomic mass is 19.1. The molecule has 7 amide bonds. The number of unbranched alkanes of at least 4 members (excludes halogenated alkanes) is 5. The summed E-state index contributed by atoms with van der Waals surface area (Å²) in [7, 11) is 0. The number of aromatic nitrogens is 4. The summed E-state index contributed by atoms with van der Waals surface area (Å²) in [5.41, 5.74) is 0.411. The molecule has 2 aliphatic rings. The molecule has 1 fully saturated rings.